The van der Waals surface area contributed by atoms with Gasteiger partial charge in [-0.15, -0.1) is 0 Å². The fourth-order valence-electron chi connectivity index (χ4n) is 3.05. The van der Waals surface area contributed by atoms with E-state index in [0.29, 0.717) is 24.7 Å². The molecule has 0 bridgehead atoms. The highest BCUT2D eigenvalue weighted by Crippen LogP contribution is 2.25. The molecule has 0 saturated heterocycles. The molecule has 0 aliphatic heterocycles. The smallest absolute Gasteiger partial charge is 0.206 e. The lowest BCUT2D eigenvalue weighted by Crippen LogP contribution is -2.03. The van der Waals surface area contributed by atoms with Crippen LogP contribution in [0.5, 0.6) is 11.5 Å². The van der Waals surface area contributed by atoms with Crippen molar-refractivity contribution in [3.05, 3.63) is 120 Å². The van der Waals surface area contributed by atoms with E-state index in [9.17, 15) is 8.42 Å². The van der Waals surface area contributed by atoms with Crippen LogP contribution in [0.15, 0.2) is 119 Å². The van der Waals surface area contributed by atoms with Crippen molar-refractivity contribution in [3.8, 4) is 11.5 Å². The number of benzene rings is 4. The van der Waals surface area contributed by atoms with Gasteiger partial charge in [-0.2, -0.15) is 0 Å². The molecule has 4 rings (SSSR count). The van der Waals surface area contributed by atoms with Gasteiger partial charge in [-0.05, 0) is 59.7 Å². The second-order valence-electron chi connectivity index (χ2n) is 6.99. The van der Waals surface area contributed by atoms with Crippen molar-refractivity contribution < 1.29 is 17.9 Å². The summed E-state index contributed by atoms with van der Waals surface area (Å²) < 4.78 is 37.3. The zero-order valence-electron chi connectivity index (χ0n) is 16.8. The highest BCUT2D eigenvalue weighted by Gasteiger charge is 2.17. The Morgan fingerprint density at radius 3 is 1.19 bits per heavy atom. The molecule has 31 heavy (non-hydrogen) atoms. The monoisotopic (exact) mass is 430 g/mol. The zero-order chi connectivity index (χ0) is 21.5. The Morgan fingerprint density at radius 1 is 0.484 bits per heavy atom. The van der Waals surface area contributed by atoms with Crippen molar-refractivity contribution >= 4 is 9.84 Å². The highest BCUT2D eigenvalue weighted by atomic mass is 32.2. The molecule has 0 N–H and O–H groups in total. The maximum atomic E-state index is 12.9. The lowest BCUT2D eigenvalue weighted by atomic mass is 10.2. The third-order valence-corrected chi connectivity index (χ3v) is 6.55. The summed E-state index contributed by atoms with van der Waals surface area (Å²) in [6, 6.07) is 32.6. The molecule has 156 valence electrons. The first-order chi connectivity index (χ1) is 15.1. The first-order valence-corrected chi connectivity index (χ1v) is 11.4. The van der Waals surface area contributed by atoms with Gasteiger partial charge in [-0.25, -0.2) is 8.42 Å². The fraction of sp³-hybridized carbons (Fsp3) is 0.0769. The van der Waals surface area contributed by atoms with Crippen molar-refractivity contribution in [2.24, 2.45) is 0 Å². The number of sulfone groups is 1. The van der Waals surface area contributed by atoms with Gasteiger partial charge in [0.05, 0.1) is 9.79 Å². The molecule has 0 amide bonds. The van der Waals surface area contributed by atoms with Crippen LogP contribution < -0.4 is 9.47 Å². The lowest BCUT2D eigenvalue weighted by molar-refractivity contribution is 0.306. The molecule has 0 radical (unpaired) electrons. The van der Waals surface area contributed by atoms with Crippen molar-refractivity contribution in [2.45, 2.75) is 23.0 Å². The van der Waals surface area contributed by atoms with E-state index < -0.39 is 9.84 Å². The Bertz CT molecular complexity index is 1110. The average molecular weight is 431 g/mol. The summed E-state index contributed by atoms with van der Waals surface area (Å²) >= 11 is 0. The van der Waals surface area contributed by atoms with Gasteiger partial charge in [0.2, 0.25) is 9.84 Å². The van der Waals surface area contributed by atoms with Crippen molar-refractivity contribution in [1.82, 2.24) is 0 Å². The normalized spacial score (nSPS) is 11.1. The molecule has 0 spiro atoms. The Hall–Kier alpha value is -3.57. The van der Waals surface area contributed by atoms with E-state index in [0.717, 1.165) is 11.1 Å². The molecule has 0 atom stereocenters. The first-order valence-electron chi connectivity index (χ1n) is 9.90. The molecule has 0 aliphatic rings. The van der Waals surface area contributed by atoms with Crippen LogP contribution in [-0.2, 0) is 23.1 Å². The van der Waals surface area contributed by atoms with Crippen molar-refractivity contribution in [2.75, 3.05) is 0 Å². The summed E-state index contributed by atoms with van der Waals surface area (Å²) in [6.45, 7) is 0.856. The van der Waals surface area contributed by atoms with Gasteiger partial charge in [-0.3, -0.25) is 0 Å². The summed E-state index contributed by atoms with van der Waals surface area (Å²) in [5.74, 6) is 1.24. The van der Waals surface area contributed by atoms with E-state index in [-0.39, 0.29) is 9.79 Å². The van der Waals surface area contributed by atoms with Crippen LogP contribution in [0, 0.1) is 0 Å². The predicted molar refractivity (Wildman–Crippen MR) is 120 cm³/mol. The van der Waals surface area contributed by atoms with Crippen LogP contribution in [0.1, 0.15) is 11.1 Å². The van der Waals surface area contributed by atoms with Crippen molar-refractivity contribution in [3.63, 3.8) is 0 Å². The molecular weight excluding hydrogens is 408 g/mol. The standard InChI is InChI=1S/C26H22O4S/c27-31(28,25-15-11-23(12-16-25)29-19-21-7-3-1-4-8-21)26-17-13-24(14-18-26)30-20-22-9-5-2-6-10-22/h1-18H,19-20H2. The Kier molecular flexibility index (Phi) is 6.34. The van der Waals surface area contributed by atoms with Gasteiger partial charge in [0.25, 0.3) is 0 Å². The van der Waals surface area contributed by atoms with E-state index in [2.05, 4.69) is 0 Å². The average Bonchev–Trinajstić information content (AvgIpc) is 2.83. The quantitative estimate of drug-likeness (QED) is 0.361. The molecule has 0 heterocycles. The van der Waals surface area contributed by atoms with Crippen LogP contribution in [0.25, 0.3) is 0 Å². The van der Waals surface area contributed by atoms with Crippen LogP contribution in [0.3, 0.4) is 0 Å². The molecule has 0 aromatic heterocycles. The predicted octanol–water partition coefficient (Wildman–Crippen LogP) is 5.68. The Morgan fingerprint density at radius 2 is 0.839 bits per heavy atom. The van der Waals surface area contributed by atoms with Crippen LogP contribution in [0.2, 0.25) is 0 Å². The summed E-state index contributed by atoms with van der Waals surface area (Å²) in [7, 11) is -3.62. The van der Waals surface area contributed by atoms with Gasteiger partial charge in [-0.1, -0.05) is 60.7 Å². The van der Waals surface area contributed by atoms with E-state index in [1.807, 2.05) is 60.7 Å². The summed E-state index contributed by atoms with van der Waals surface area (Å²) in [6.07, 6.45) is 0. The molecule has 4 nitrogen and oxygen atoms in total. The second-order valence-corrected chi connectivity index (χ2v) is 8.94. The van der Waals surface area contributed by atoms with E-state index >= 15 is 0 Å². The summed E-state index contributed by atoms with van der Waals surface area (Å²) in [5, 5.41) is 0. The minimum Gasteiger partial charge on any atom is -0.489 e. The maximum absolute atomic E-state index is 12.9. The molecule has 4 aromatic rings. The third-order valence-electron chi connectivity index (χ3n) is 4.76. The van der Waals surface area contributed by atoms with Gasteiger partial charge in [0.15, 0.2) is 0 Å². The number of ether oxygens (including phenoxy) is 2. The number of rotatable bonds is 8. The molecule has 5 heteroatoms. The Labute approximate surface area is 182 Å². The summed E-state index contributed by atoms with van der Waals surface area (Å²) in [5.41, 5.74) is 2.10. The largest absolute Gasteiger partial charge is 0.489 e. The van der Waals surface area contributed by atoms with E-state index in [1.54, 1.807) is 48.5 Å². The SMILES string of the molecule is O=S(=O)(c1ccc(OCc2ccccc2)cc1)c1ccc(OCc2ccccc2)cc1. The van der Waals surface area contributed by atoms with Crippen LogP contribution >= 0.6 is 0 Å². The fourth-order valence-corrected chi connectivity index (χ4v) is 4.31. The minimum atomic E-state index is -3.62. The number of hydrogen-bond acceptors (Lipinski definition) is 4. The highest BCUT2D eigenvalue weighted by molar-refractivity contribution is 7.91. The molecule has 0 aliphatic carbocycles. The first kappa shape index (κ1) is 20.7. The van der Waals surface area contributed by atoms with Gasteiger partial charge >= 0.3 is 0 Å². The van der Waals surface area contributed by atoms with Gasteiger partial charge in [0.1, 0.15) is 24.7 Å². The molecule has 4 aromatic carbocycles. The Balaban J connectivity index is 1.40. The lowest BCUT2D eigenvalue weighted by Gasteiger charge is -2.10. The van der Waals surface area contributed by atoms with E-state index in [4.69, 9.17) is 9.47 Å². The topological polar surface area (TPSA) is 52.6 Å². The van der Waals surface area contributed by atoms with Gasteiger partial charge in [0, 0.05) is 0 Å². The van der Waals surface area contributed by atoms with Crippen molar-refractivity contribution in [1.29, 1.82) is 0 Å². The molecular formula is C26H22O4S. The molecule has 0 saturated carbocycles. The molecule has 0 fully saturated rings. The zero-order valence-corrected chi connectivity index (χ0v) is 17.7. The maximum Gasteiger partial charge on any atom is 0.206 e. The summed E-state index contributed by atoms with van der Waals surface area (Å²) in [4.78, 5) is 0.440. The van der Waals surface area contributed by atoms with Crippen LogP contribution in [-0.4, -0.2) is 8.42 Å². The van der Waals surface area contributed by atoms with Gasteiger partial charge < -0.3 is 9.47 Å². The minimum absolute atomic E-state index is 0.220. The van der Waals surface area contributed by atoms with E-state index in [1.165, 1.54) is 0 Å². The van der Waals surface area contributed by atoms with Crippen LogP contribution in [0.4, 0.5) is 0 Å². The number of hydrogen-bond donors (Lipinski definition) is 0. The molecule has 0 unspecified atom stereocenters. The third kappa shape index (κ3) is 5.32. The second kappa shape index (κ2) is 9.49.